The summed E-state index contributed by atoms with van der Waals surface area (Å²) in [7, 11) is 0. The van der Waals surface area contributed by atoms with Crippen molar-refractivity contribution in [2.24, 2.45) is 22.9 Å². The molecule has 664 valence electrons. The van der Waals surface area contributed by atoms with Crippen LogP contribution in [0.2, 0.25) is 5.02 Å². The minimum atomic E-state index is -0.636. The van der Waals surface area contributed by atoms with Crippen LogP contribution in [-0.2, 0) is 19.2 Å². The Labute approximate surface area is 738 Å². The summed E-state index contributed by atoms with van der Waals surface area (Å²) in [5.41, 5.74) is 27.8. The molecule has 4 fully saturated rings. The van der Waals surface area contributed by atoms with E-state index in [1.807, 2.05) is 62.3 Å². The second-order valence-corrected chi connectivity index (χ2v) is 32.2. The van der Waals surface area contributed by atoms with E-state index in [-0.39, 0.29) is 126 Å². The monoisotopic (exact) mass is 1760 g/mol. The van der Waals surface area contributed by atoms with Crippen LogP contribution in [0.15, 0.2) is 133 Å². The number of benzene rings is 4. The summed E-state index contributed by atoms with van der Waals surface area (Å²) in [6.45, 7) is 19.6. The molecule has 4 aromatic carbocycles. The minimum Gasteiger partial charge on any atom is -0.490 e. The van der Waals surface area contributed by atoms with Gasteiger partial charge in [-0.3, -0.25) is 43.2 Å². The van der Waals surface area contributed by atoms with E-state index in [0.717, 1.165) is 5.69 Å². The van der Waals surface area contributed by atoms with Gasteiger partial charge in [0.05, 0.1) is 87.2 Å². The predicted octanol–water partition coefficient (Wildman–Crippen LogP) is 10.1. The molecule has 12 aromatic rings. The van der Waals surface area contributed by atoms with Crippen LogP contribution in [0.3, 0.4) is 0 Å². The summed E-state index contributed by atoms with van der Waals surface area (Å²) < 4.78 is 47.3. The fourth-order valence-electron chi connectivity index (χ4n) is 14.5. The molecule has 4 saturated heterocycles. The van der Waals surface area contributed by atoms with Crippen LogP contribution in [0.5, 0.6) is 46.5 Å². The Morgan fingerprint density at radius 2 is 0.727 bits per heavy atom. The third-order valence-electron chi connectivity index (χ3n) is 20.3. The maximum atomic E-state index is 12.2. The summed E-state index contributed by atoms with van der Waals surface area (Å²) >= 11 is 5.92. The molecule has 0 radical (unpaired) electrons. The zero-order valence-corrected chi connectivity index (χ0v) is 72.6. The molecule has 8 aromatic heterocycles. The Kier molecular flexibility index (Phi) is 28.7. The molecule has 16 rings (SSSR count). The van der Waals surface area contributed by atoms with E-state index in [1.54, 1.807) is 117 Å². The number of nitrogens with one attached hydrogen (secondary N) is 5. The van der Waals surface area contributed by atoms with Crippen molar-refractivity contribution in [3.63, 3.8) is 0 Å². The maximum Gasteiger partial charge on any atom is 0.252 e. The van der Waals surface area contributed by atoms with E-state index in [2.05, 4.69) is 76.1 Å². The molecular formula is C91H96ClN19O17. The number of amides is 8. The number of nitrogens with zero attached hydrogens (tertiary/aromatic N) is 10. The van der Waals surface area contributed by atoms with Crippen molar-refractivity contribution in [1.29, 1.82) is 0 Å². The number of ether oxygens (including phenoxy) is 8. The number of hydrogen-bond donors (Lipinski definition) is 9. The number of aromatic amines is 1. The lowest BCUT2D eigenvalue weighted by Gasteiger charge is -2.18. The SMILES string of the molecule is CC(C)Oc1cc2c(OC[C@@H]3CCC(=O)N3)ncc(-c3cccc(=O)[nH]3)c2cc1C(N)=O.CC(C)Oc1cc2c(OC[C@@H]3CCC(=O)N3)ncc(-c3ncc(Cl)cn3)c2cc1C(N)=O.Cc1ccnc(-c2cnc(OC[C@@H]3CCC(=O)N3)c3cc(OC(C)C)c(C(N)=O)cc23)n1.Cc1nccc(-c2cnc(OC[C@@H]3CCC(=O)N3)c3cc(OC(C)C)c(C(N)=O)cc23)n1. The molecule has 4 atom stereocenters. The summed E-state index contributed by atoms with van der Waals surface area (Å²) in [5.74, 6) is 1.81. The van der Waals surface area contributed by atoms with Crippen molar-refractivity contribution in [2.45, 2.75) is 169 Å². The number of carbonyl (C=O) groups is 8. The molecule has 0 unspecified atom stereocenters. The highest BCUT2D eigenvalue weighted by Crippen LogP contribution is 2.43. The highest BCUT2D eigenvalue weighted by Gasteiger charge is 2.30. The number of carbonyl (C=O) groups excluding carboxylic acids is 8. The van der Waals surface area contributed by atoms with E-state index in [1.165, 1.54) is 18.5 Å². The van der Waals surface area contributed by atoms with E-state index >= 15 is 0 Å². The molecule has 4 aliphatic heterocycles. The second-order valence-electron chi connectivity index (χ2n) is 31.7. The number of primary amides is 4. The van der Waals surface area contributed by atoms with E-state index in [4.69, 9.17) is 72.4 Å². The Morgan fingerprint density at radius 3 is 1.05 bits per heavy atom. The van der Waals surface area contributed by atoms with Gasteiger partial charge >= 0.3 is 0 Å². The molecule has 0 saturated carbocycles. The lowest BCUT2D eigenvalue weighted by molar-refractivity contribution is -0.120. The molecule has 4 aliphatic rings. The Morgan fingerprint density at radius 1 is 0.391 bits per heavy atom. The van der Waals surface area contributed by atoms with Crippen LogP contribution in [-0.4, -0.2) is 177 Å². The topological polar surface area (TPSA) is 524 Å². The zero-order chi connectivity index (χ0) is 91.3. The van der Waals surface area contributed by atoms with Crippen LogP contribution in [0.25, 0.3) is 88.4 Å². The average Bonchev–Trinajstić information content (AvgIpc) is 1.26. The normalized spacial score (nSPS) is 15.7. The van der Waals surface area contributed by atoms with Gasteiger partial charge in [0.1, 0.15) is 55.2 Å². The van der Waals surface area contributed by atoms with Crippen molar-refractivity contribution >= 4 is 102 Å². The number of aryl methyl sites for hydroxylation is 2. The first kappa shape index (κ1) is 90.9. The fourth-order valence-corrected chi connectivity index (χ4v) is 14.6. The summed E-state index contributed by atoms with van der Waals surface area (Å²) in [6, 6.07) is 21.5. The molecule has 36 nitrogen and oxygen atoms in total. The van der Waals surface area contributed by atoms with Crippen molar-refractivity contribution in [2.75, 3.05) is 26.4 Å². The van der Waals surface area contributed by atoms with E-state index in [9.17, 15) is 43.2 Å². The lowest BCUT2D eigenvalue weighted by atomic mass is 10.0. The number of halogens is 1. The Hall–Kier alpha value is -14.8. The van der Waals surface area contributed by atoms with Gasteiger partial charge in [0.15, 0.2) is 11.6 Å². The summed E-state index contributed by atoms with van der Waals surface area (Å²) in [6.07, 6.45) is 16.7. The number of aromatic nitrogens is 11. The Bertz CT molecular complexity index is 6150. The van der Waals surface area contributed by atoms with Gasteiger partial charge in [-0.1, -0.05) is 17.7 Å². The third kappa shape index (κ3) is 22.4. The molecule has 12 heterocycles. The molecule has 128 heavy (non-hydrogen) atoms. The first-order valence-electron chi connectivity index (χ1n) is 41.5. The Balaban J connectivity index is 0.000000146. The lowest BCUT2D eigenvalue weighted by Crippen LogP contribution is -2.31. The number of pyridine rings is 5. The van der Waals surface area contributed by atoms with Gasteiger partial charge in [-0.05, 0) is 172 Å². The minimum absolute atomic E-state index is 0.00137. The van der Waals surface area contributed by atoms with E-state index < -0.39 is 23.6 Å². The fraction of sp³-hybridized carbons (Fsp3) is 0.330. The van der Waals surface area contributed by atoms with Crippen LogP contribution in [0.4, 0.5) is 0 Å². The molecular weight excluding hydrogens is 1670 g/mol. The van der Waals surface area contributed by atoms with Crippen LogP contribution < -0.4 is 87.7 Å². The van der Waals surface area contributed by atoms with Crippen LogP contribution in [0, 0.1) is 13.8 Å². The number of H-pyrrole nitrogens is 1. The second kappa shape index (κ2) is 40.4. The van der Waals surface area contributed by atoms with Gasteiger partial charge in [-0.2, -0.15) is 0 Å². The van der Waals surface area contributed by atoms with Gasteiger partial charge in [-0.25, -0.2) is 49.8 Å². The van der Waals surface area contributed by atoms with Gasteiger partial charge in [-0.15, -0.1) is 0 Å². The smallest absolute Gasteiger partial charge is 0.252 e. The van der Waals surface area contributed by atoms with Crippen molar-refractivity contribution in [3.8, 4) is 91.8 Å². The van der Waals surface area contributed by atoms with Crippen molar-refractivity contribution in [1.82, 2.24) is 76.1 Å². The highest BCUT2D eigenvalue weighted by molar-refractivity contribution is 6.30. The molecule has 0 spiro atoms. The van der Waals surface area contributed by atoms with Crippen LogP contribution >= 0.6 is 11.6 Å². The van der Waals surface area contributed by atoms with Crippen molar-refractivity contribution in [3.05, 3.63) is 178 Å². The predicted molar refractivity (Wildman–Crippen MR) is 474 cm³/mol. The molecule has 8 amide bonds. The third-order valence-corrected chi connectivity index (χ3v) is 20.5. The number of fused-ring (bicyclic) bond motifs is 4. The summed E-state index contributed by atoms with van der Waals surface area (Å²) in [5, 5.41) is 17.0. The first-order chi connectivity index (χ1) is 61.3. The standard InChI is InChI=1S/2C23H25N5O4.C23H24N4O5.C22H22ClN5O4/c1-12(2)32-20-9-16-15(8-17(20)22(24)30)18(19-6-7-25-13(3)27-19)10-26-23(16)31-11-14-4-5-21(29)28-14;1-12(2)32-19-9-16-15(8-17(19)21(24)30)18(22-25-7-6-13(3)27-22)10-26-23(16)31-11-14-4-5-20(29)28-14;1-12(2)32-19-9-15-14(8-16(19)22(24)30)17(18-4-3-5-20(28)27-18)10-25-23(15)31-11-13-6-7-21(29)26-13;1-11(2)32-18-6-15-14(5-16(18)20(24)30)17(21-25-7-12(23)8-26-21)9-27-22(15)31-10-13-3-4-19(29)28-13/h2*6-10,12,14H,4-5,11H2,1-3H3,(H2,24,30)(H,28,29);3-5,8-10,12-13H,6-7,11H2,1-2H3,(H2,24,30)(H,26,29)(H,27,28);5-9,11,13H,3-4,10H2,1-2H3,(H2,24,30)(H,28,29)/t2*14-;2*13-/m0000/s1. The maximum absolute atomic E-state index is 12.2. The molecule has 37 heteroatoms. The van der Waals surface area contributed by atoms with E-state index in [0.29, 0.717) is 197 Å². The first-order valence-corrected chi connectivity index (χ1v) is 41.8. The zero-order valence-electron chi connectivity index (χ0n) is 71.8. The number of rotatable bonds is 28. The quantitative estimate of drug-likeness (QED) is 0.0220. The van der Waals surface area contributed by atoms with Gasteiger partial charge in [0.25, 0.3) is 23.6 Å². The number of hydrogen-bond acceptors (Lipinski definition) is 27. The largest absolute Gasteiger partial charge is 0.490 e. The molecule has 13 N–H and O–H groups in total. The number of nitrogens with two attached hydrogens (primary N) is 4. The van der Waals surface area contributed by atoms with Crippen LogP contribution in [0.1, 0.15) is 160 Å². The van der Waals surface area contributed by atoms with Gasteiger partial charge < -0.3 is 87.1 Å². The van der Waals surface area contributed by atoms with Crippen molar-refractivity contribution < 1.29 is 76.3 Å². The molecule has 0 bridgehead atoms. The molecule has 0 aliphatic carbocycles. The van der Waals surface area contributed by atoms with Gasteiger partial charge in [0.2, 0.25) is 52.7 Å². The van der Waals surface area contributed by atoms with Gasteiger partial charge in [0, 0.05) is 142 Å². The summed E-state index contributed by atoms with van der Waals surface area (Å²) in [4.78, 5) is 153. The highest BCUT2D eigenvalue weighted by atomic mass is 35.5. The average molecular weight is 1760 g/mol.